The number of allylic oxidation sites excluding steroid dienone is 10. The Labute approximate surface area is 413 Å². The van der Waals surface area contributed by atoms with Crippen LogP contribution in [0.3, 0.4) is 0 Å². The molecular weight excluding hydrogens is 834 g/mol. The minimum atomic E-state index is -0.165. The van der Waals surface area contributed by atoms with E-state index >= 15 is 0 Å². The lowest BCUT2D eigenvalue weighted by atomic mass is 9.31. The fraction of sp³-hybridized carbons (Fsp3) is 0.262. The molecule has 3 nitrogen and oxygen atoms in total. The van der Waals surface area contributed by atoms with E-state index in [4.69, 9.17) is 0 Å². The molecule has 2 atom stereocenters. The Bertz CT molecular complexity index is 3030. The molecule has 2 aliphatic carbocycles. The van der Waals surface area contributed by atoms with Crippen molar-refractivity contribution in [2.24, 2.45) is 17.3 Å². The zero-order valence-electron chi connectivity index (χ0n) is 42.7. The largest absolute Gasteiger partial charge is 0.322 e. The Morgan fingerprint density at radius 2 is 1.16 bits per heavy atom. The van der Waals surface area contributed by atoms with Crippen molar-refractivity contribution in [3.63, 3.8) is 0 Å². The first-order valence-electron chi connectivity index (χ1n) is 25.0. The van der Waals surface area contributed by atoms with Crippen molar-refractivity contribution in [1.29, 1.82) is 0 Å². The molecule has 0 radical (unpaired) electrons. The molecule has 0 aromatic heterocycles. The van der Waals surface area contributed by atoms with Crippen LogP contribution in [0.25, 0.3) is 5.57 Å². The number of nitrogens with zero attached hydrogens (tertiary/aromatic N) is 3. The van der Waals surface area contributed by atoms with E-state index in [0.717, 1.165) is 28.3 Å². The number of anilines is 7. The van der Waals surface area contributed by atoms with Crippen LogP contribution in [0.4, 0.5) is 39.8 Å². The van der Waals surface area contributed by atoms with Gasteiger partial charge in [-0.2, -0.15) is 0 Å². The first-order chi connectivity index (χ1) is 32.9. The van der Waals surface area contributed by atoms with E-state index in [2.05, 4.69) is 280 Å². The molecule has 6 aromatic rings. The average molecular weight is 902 g/mol. The molecule has 0 saturated heterocycles. The van der Waals surface area contributed by atoms with Crippen LogP contribution in [0.2, 0.25) is 0 Å². The van der Waals surface area contributed by atoms with Crippen LogP contribution >= 0.6 is 0 Å². The maximum atomic E-state index is 4.16. The Hall–Kier alpha value is -6.78. The van der Waals surface area contributed by atoms with Crippen molar-refractivity contribution < 1.29 is 0 Å². The van der Waals surface area contributed by atoms with Crippen molar-refractivity contribution in [1.82, 2.24) is 0 Å². The third kappa shape index (κ3) is 8.06. The quantitative estimate of drug-likeness (QED) is 0.111. The van der Waals surface area contributed by atoms with Gasteiger partial charge in [0.1, 0.15) is 0 Å². The van der Waals surface area contributed by atoms with Crippen LogP contribution in [0.1, 0.15) is 98.4 Å². The Morgan fingerprint density at radius 1 is 0.609 bits per heavy atom. The first-order valence-corrected chi connectivity index (χ1v) is 25.0. The summed E-state index contributed by atoms with van der Waals surface area (Å²) in [7, 11) is 0. The van der Waals surface area contributed by atoms with E-state index in [0.29, 0.717) is 5.92 Å². The fourth-order valence-electron chi connectivity index (χ4n) is 11.5. The second kappa shape index (κ2) is 17.0. The number of rotatable bonds is 8. The standard InChI is InChI=1S/C65H68BN3/c1-13-20-44(45-27-29-46(30-28-45)62(2,3)4)41-42-67-56-25-19-26-57-60(56)66(59-53-23-17-18-24-54(53)65(11,12)61(59)67)55-40-39-52(43-58(55)69(57)49-21-15-14-16-22-49)68(50-35-31-47(32-36-50)63(5,6)7)51-37-33-48(34-38-51)64(8,9)10/h13-43,53-54H,1H2,2-12H3/b42-41+,44-20+. The summed E-state index contributed by atoms with van der Waals surface area (Å²) in [4.78, 5) is 7.53. The summed E-state index contributed by atoms with van der Waals surface area (Å²) in [6.07, 6.45) is 18.2. The summed E-state index contributed by atoms with van der Waals surface area (Å²) >= 11 is 0. The Kier molecular flexibility index (Phi) is 11.3. The van der Waals surface area contributed by atoms with Crippen molar-refractivity contribution >= 4 is 63.0 Å². The van der Waals surface area contributed by atoms with Crippen molar-refractivity contribution in [3.05, 3.63) is 228 Å². The Morgan fingerprint density at radius 3 is 1.74 bits per heavy atom. The SMILES string of the molecule is C=C/C=C(\C=C\N1C2=C(B3c4ccc(N(c5ccc(C(C)(C)C)cc5)c5ccc(C(C)(C)C)cc5)cc4N(c4ccccc4)c4cccc1c43)C1C=CC=CC1C2(C)C)c1ccc(C(C)(C)C)cc1. The molecule has 0 fully saturated rings. The van der Waals surface area contributed by atoms with Gasteiger partial charge in [0.15, 0.2) is 0 Å². The molecule has 0 amide bonds. The smallest absolute Gasteiger partial charge is 0.247 e. The second-order valence-electron chi connectivity index (χ2n) is 23.2. The zero-order valence-corrected chi connectivity index (χ0v) is 42.7. The van der Waals surface area contributed by atoms with Gasteiger partial charge in [-0.15, -0.1) is 0 Å². The highest BCUT2D eigenvalue weighted by Gasteiger charge is 2.56. The number of fused-ring (bicyclic) bond motifs is 5. The number of para-hydroxylation sites is 1. The van der Waals surface area contributed by atoms with Crippen LogP contribution in [0, 0.1) is 17.3 Å². The van der Waals surface area contributed by atoms with E-state index in [9.17, 15) is 0 Å². The minimum Gasteiger partial charge on any atom is -0.322 e. The third-order valence-electron chi connectivity index (χ3n) is 15.2. The number of benzene rings is 6. The van der Waals surface area contributed by atoms with Gasteiger partial charge in [0.05, 0.1) is 0 Å². The first kappa shape index (κ1) is 46.0. The second-order valence-corrected chi connectivity index (χ2v) is 23.2. The number of hydrogen-bond donors (Lipinski definition) is 0. The molecule has 2 heterocycles. The van der Waals surface area contributed by atoms with Crippen LogP contribution in [0.15, 0.2) is 206 Å². The van der Waals surface area contributed by atoms with E-state index < -0.39 is 0 Å². The lowest BCUT2D eigenvalue weighted by Gasteiger charge is -2.45. The molecule has 2 aliphatic heterocycles. The molecule has 4 heteroatoms. The van der Waals surface area contributed by atoms with E-state index in [1.807, 2.05) is 6.08 Å². The molecule has 0 bridgehead atoms. The van der Waals surface area contributed by atoms with Gasteiger partial charge in [-0.05, 0) is 134 Å². The van der Waals surface area contributed by atoms with Crippen LogP contribution in [-0.2, 0) is 16.2 Å². The van der Waals surface area contributed by atoms with Gasteiger partial charge >= 0.3 is 0 Å². The maximum Gasteiger partial charge on any atom is 0.247 e. The molecule has 2 unspecified atom stereocenters. The Balaban J connectivity index is 1.19. The normalized spacial score (nSPS) is 18.3. The van der Waals surface area contributed by atoms with Crippen LogP contribution in [0.5, 0.6) is 0 Å². The van der Waals surface area contributed by atoms with Gasteiger partial charge in [0.25, 0.3) is 0 Å². The van der Waals surface area contributed by atoms with Crippen molar-refractivity contribution in [2.45, 2.75) is 92.4 Å². The topological polar surface area (TPSA) is 9.72 Å². The van der Waals surface area contributed by atoms with Gasteiger partial charge in [-0.3, -0.25) is 0 Å². The summed E-state index contributed by atoms with van der Waals surface area (Å²) in [5.41, 5.74) is 20.0. The summed E-state index contributed by atoms with van der Waals surface area (Å²) < 4.78 is 0. The molecule has 0 spiro atoms. The van der Waals surface area contributed by atoms with Crippen LogP contribution in [-0.4, -0.2) is 6.71 Å². The van der Waals surface area contributed by atoms with Crippen LogP contribution < -0.4 is 25.6 Å². The van der Waals surface area contributed by atoms with Gasteiger partial charge in [0.2, 0.25) is 6.71 Å². The number of hydrogen-bond acceptors (Lipinski definition) is 3. The highest BCUT2D eigenvalue weighted by atomic mass is 15.2. The zero-order chi connectivity index (χ0) is 48.6. The summed E-state index contributed by atoms with van der Waals surface area (Å²) in [6, 6.07) is 52.7. The molecule has 346 valence electrons. The summed E-state index contributed by atoms with van der Waals surface area (Å²) in [5, 5.41) is 0. The lowest BCUT2D eigenvalue weighted by Crippen LogP contribution is -2.56. The minimum absolute atomic E-state index is 0.0454. The molecule has 69 heavy (non-hydrogen) atoms. The summed E-state index contributed by atoms with van der Waals surface area (Å²) in [5.74, 6) is 0.553. The third-order valence-corrected chi connectivity index (χ3v) is 15.2. The van der Waals surface area contributed by atoms with Crippen molar-refractivity contribution in [2.75, 3.05) is 14.7 Å². The van der Waals surface area contributed by atoms with Crippen molar-refractivity contribution in [3.8, 4) is 0 Å². The van der Waals surface area contributed by atoms with Gasteiger partial charge in [-0.1, -0.05) is 204 Å². The van der Waals surface area contributed by atoms with Gasteiger partial charge < -0.3 is 14.7 Å². The molecule has 0 saturated carbocycles. The average Bonchev–Trinajstić information content (AvgIpc) is 3.56. The summed E-state index contributed by atoms with van der Waals surface area (Å²) in [6.45, 7) is 29.7. The molecular formula is C65H68BN3. The monoisotopic (exact) mass is 902 g/mol. The molecule has 10 rings (SSSR count). The molecule has 0 N–H and O–H groups in total. The highest BCUT2D eigenvalue weighted by Crippen LogP contribution is 2.58. The lowest BCUT2D eigenvalue weighted by molar-refractivity contribution is 0.313. The highest BCUT2D eigenvalue weighted by molar-refractivity contribution is 6.95. The predicted octanol–water partition coefficient (Wildman–Crippen LogP) is 16.2. The molecule has 6 aromatic carbocycles. The van der Waals surface area contributed by atoms with E-state index in [1.54, 1.807) is 0 Å². The van der Waals surface area contributed by atoms with Gasteiger partial charge in [-0.25, -0.2) is 0 Å². The van der Waals surface area contributed by atoms with E-state index in [-0.39, 0.29) is 34.3 Å². The van der Waals surface area contributed by atoms with E-state index in [1.165, 1.54) is 61.4 Å². The van der Waals surface area contributed by atoms with Gasteiger partial charge in [0, 0.05) is 57.1 Å². The fourth-order valence-corrected chi connectivity index (χ4v) is 11.5. The molecule has 4 aliphatic rings. The predicted molar refractivity (Wildman–Crippen MR) is 299 cm³/mol. The maximum absolute atomic E-state index is 4.16.